The van der Waals surface area contributed by atoms with Gasteiger partial charge in [-0.25, -0.2) is 9.97 Å². The lowest BCUT2D eigenvalue weighted by Crippen LogP contribution is -2.20. The van der Waals surface area contributed by atoms with Crippen molar-refractivity contribution in [2.75, 3.05) is 0 Å². The van der Waals surface area contributed by atoms with Gasteiger partial charge in [-0.3, -0.25) is 0 Å². The second kappa shape index (κ2) is 6.06. The summed E-state index contributed by atoms with van der Waals surface area (Å²) in [5.74, 6) is 1.15. The molecule has 2 aromatic heterocycles. The highest BCUT2D eigenvalue weighted by Gasteiger charge is 2.34. The number of aromatic nitrogens is 2. The van der Waals surface area contributed by atoms with Gasteiger partial charge in [0.2, 0.25) is 11.8 Å². The van der Waals surface area contributed by atoms with Gasteiger partial charge in [0.25, 0.3) is 0 Å². The maximum absolute atomic E-state index is 5.74. The van der Waals surface area contributed by atoms with Crippen molar-refractivity contribution in [3.63, 3.8) is 0 Å². The molecule has 4 heteroatoms. The minimum absolute atomic E-state index is 0.569. The summed E-state index contributed by atoms with van der Waals surface area (Å²) in [4.78, 5) is 9.29. The third-order valence-electron chi connectivity index (χ3n) is 4.22. The van der Waals surface area contributed by atoms with Crippen LogP contribution >= 0.6 is 0 Å². The SMILES string of the molecule is CC(C)(c1nc(-c2ccccc2)co1)c1nc(-c2ccccc2)co1. The highest BCUT2D eigenvalue weighted by molar-refractivity contribution is 5.59. The fourth-order valence-electron chi connectivity index (χ4n) is 2.70. The molecule has 0 aliphatic heterocycles. The van der Waals surface area contributed by atoms with Crippen LogP contribution in [-0.2, 0) is 5.41 Å². The van der Waals surface area contributed by atoms with E-state index in [4.69, 9.17) is 8.83 Å². The number of rotatable bonds is 4. The van der Waals surface area contributed by atoms with Gasteiger partial charge in [-0.15, -0.1) is 0 Å². The molecule has 0 aliphatic rings. The van der Waals surface area contributed by atoms with Gasteiger partial charge in [-0.1, -0.05) is 60.7 Å². The molecule has 0 amide bonds. The van der Waals surface area contributed by atoms with E-state index in [1.54, 1.807) is 12.5 Å². The van der Waals surface area contributed by atoms with E-state index in [0.29, 0.717) is 11.8 Å². The molecule has 0 fully saturated rings. The fourth-order valence-corrected chi connectivity index (χ4v) is 2.70. The van der Waals surface area contributed by atoms with Crippen LogP contribution in [0.5, 0.6) is 0 Å². The lowest BCUT2D eigenvalue weighted by molar-refractivity contribution is 0.341. The molecule has 124 valence electrons. The molecule has 0 spiro atoms. The van der Waals surface area contributed by atoms with E-state index >= 15 is 0 Å². The summed E-state index contributed by atoms with van der Waals surface area (Å²) in [7, 11) is 0. The van der Waals surface area contributed by atoms with Crippen LogP contribution in [0.4, 0.5) is 0 Å². The molecule has 0 radical (unpaired) electrons. The molecule has 0 saturated carbocycles. The zero-order chi connectivity index (χ0) is 17.3. The Morgan fingerprint density at radius 1 is 0.640 bits per heavy atom. The summed E-state index contributed by atoms with van der Waals surface area (Å²) in [6.45, 7) is 3.99. The summed E-state index contributed by atoms with van der Waals surface area (Å²) in [5, 5.41) is 0. The number of nitrogens with zero attached hydrogens (tertiary/aromatic N) is 2. The van der Waals surface area contributed by atoms with E-state index in [2.05, 4.69) is 9.97 Å². The van der Waals surface area contributed by atoms with Crippen molar-refractivity contribution in [2.45, 2.75) is 19.3 Å². The molecule has 0 saturated heterocycles. The topological polar surface area (TPSA) is 52.1 Å². The lowest BCUT2D eigenvalue weighted by Gasteiger charge is -2.15. The van der Waals surface area contributed by atoms with Gasteiger partial charge in [0.05, 0.1) is 0 Å². The molecule has 4 rings (SSSR count). The highest BCUT2D eigenvalue weighted by Crippen LogP contribution is 2.33. The maximum atomic E-state index is 5.74. The molecule has 4 nitrogen and oxygen atoms in total. The third kappa shape index (κ3) is 2.87. The largest absolute Gasteiger partial charge is 0.447 e. The van der Waals surface area contributed by atoms with Crippen LogP contribution in [0, 0.1) is 0 Å². The first-order chi connectivity index (χ1) is 12.1. The maximum Gasteiger partial charge on any atom is 0.209 e. The Morgan fingerprint density at radius 2 is 1.04 bits per heavy atom. The van der Waals surface area contributed by atoms with E-state index in [-0.39, 0.29) is 0 Å². The number of benzene rings is 2. The summed E-state index contributed by atoms with van der Waals surface area (Å²) in [5.41, 5.74) is 3.08. The number of hydrogen-bond acceptors (Lipinski definition) is 4. The van der Waals surface area contributed by atoms with Crippen molar-refractivity contribution in [3.8, 4) is 22.5 Å². The number of hydrogen-bond donors (Lipinski definition) is 0. The van der Waals surface area contributed by atoms with Crippen LogP contribution in [0.2, 0.25) is 0 Å². The van der Waals surface area contributed by atoms with Crippen LogP contribution in [0.1, 0.15) is 25.6 Å². The lowest BCUT2D eigenvalue weighted by atomic mass is 9.93. The molecule has 0 bridgehead atoms. The molecule has 2 heterocycles. The van der Waals surface area contributed by atoms with Gasteiger partial charge in [0.1, 0.15) is 29.3 Å². The Balaban J connectivity index is 1.66. The van der Waals surface area contributed by atoms with Crippen molar-refractivity contribution in [1.29, 1.82) is 0 Å². The molecule has 0 unspecified atom stereocenters. The average molecular weight is 330 g/mol. The van der Waals surface area contributed by atoms with Crippen LogP contribution in [0.15, 0.2) is 82.0 Å². The highest BCUT2D eigenvalue weighted by atomic mass is 16.4. The van der Waals surface area contributed by atoms with E-state index in [9.17, 15) is 0 Å². The molecule has 0 N–H and O–H groups in total. The summed E-state index contributed by atoms with van der Waals surface area (Å²) >= 11 is 0. The zero-order valence-corrected chi connectivity index (χ0v) is 14.1. The average Bonchev–Trinajstić information content (AvgIpc) is 3.34. The monoisotopic (exact) mass is 330 g/mol. The molecule has 2 aromatic carbocycles. The van der Waals surface area contributed by atoms with Crippen molar-refractivity contribution in [3.05, 3.63) is 85.0 Å². The normalized spacial score (nSPS) is 11.6. The van der Waals surface area contributed by atoms with Crippen LogP contribution in [0.25, 0.3) is 22.5 Å². The zero-order valence-electron chi connectivity index (χ0n) is 14.1. The fraction of sp³-hybridized carbons (Fsp3) is 0.143. The molecular weight excluding hydrogens is 312 g/mol. The molecule has 25 heavy (non-hydrogen) atoms. The molecular formula is C21H18N2O2. The first-order valence-electron chi connectivity index (χ1n) is 8.17. The minimum Gasteiger partial charge on any atom is -0.447 e. The van der Waals surface area contributed by atoms with E-state index in [1.807, 2.05) is 74.5 Å². The van der Waals surface area contributed by atoms with E-state index < -0.39 is 5.41 Å². The second-order valence-corrected chi connectivity index (χ2v) is 6.43. The van der Waals surface area contributed by atoms with E-state index in [0.717, 1.165) is 22.5 Å². The molecule has 0 atom stereocenters. The van der Waals surface area contributed by atoms with Crippen molar-refractivity contribution < 1.29 is 8.83 Å². The smallest absolute Gasteiger partial charge is 0.209 e. The predicted octanol–water partition coefficient (Wildman–Crippen LogP) is 5.32. The van der Waals surface area contributed by atoms with Crippen LogP contribution < -0.4 is 0 Å². The summed E-state index contributed by atoms with van der Waals surface area (Å²) in [6, 6.07) is 19.9. The van der Waals surface area contributed by atoms with Crippen molar-refractivity contribution in [2.24, 2.45) is 0 Å². The van der Waals surface area contributed by atoms with Gasteiger partial charge >= 0.3 is 0 Å². The minimum atomic E-state index is -0.569. The quantitative estimate of drug-likeness (QED) is 0.508. The second-order valence-electron chi connectivity index (χ2n) is 6.43. The molecule has 4 aromatic rings. The standard InChI is InChI=1S/C21H18N2O2/c1-21(2,19-22-17(13-24-19)15-9-5-3-6-10-15)20-23-18(14-25-20)16-11-7-4-8-12-16/h3-14H,1-2H3. The Bertz CT molecular complexity index is 890. The first kappa shape index (κ1) is 15.4. The first-order valence-corrected chi connectivity index (χ1v) is 8.17. The Labute approximate surface area is 146 Å². The van der Waals surface area contributed by atoms with Gasteiger partial charge in [0.15, 0.2) is 0 Å². The van der Waals surface area contributed by atoms with Crippen LogP contribution in [0.3, 0.4) is 0 Å². The number of oxazole rings is 2. The van der Waals surface area contributed by atoms with Crippen LogP contribution in [-0.4, -0.2) is 9.97 Å². The predicted molar refractivity (Wildman–Crippen MR) is 96.0 cm³/mol. The van der Waals surface area contributed by atoms with Gasteiger partial charge in [0, 0.05) is 11.1 Å². The van der Waals surface area contributed by atoms with Gasteiger partial charge in [-0.2, -0.15) is 0 Å². The molecule has 0 aliphatic carbocycles. The Kier molecular flexibility index (Phi) is 3.73. The van der Waals surface area contributed by atoms with Gasteiger partial charge < -0.3 is 8.83 Å². The Morgan fingerprint density at radius 3 is 1.44 bits per heavy atom. The van der Waals surface area contributed by atoms with Crippen molar-refractivity contribution >= 4 is 0 Å². The summed E-state index contributed by atoms with van der Waals surface area (Å²) in [6.07, 6.45) is 3.35. The summed E-state index contributed by atoms with van der Waals surface area (Å²) < 4.78 is 11.5. The third-order valence-corrected chi connectivity index (χ3v) is 4.22. The van der Waals surface area contributed by atoms with Crippen molar-refractivity contribution in [1.82, 2.24) is 9.97 Å². The Hall–Kier alpha value is -3.14. The van der Waals surface area contributed by atoms with Gasteiger partial charge in [-0.05, 0) is 13.8 Å². The van der Waals surface area contributed by atoms with E-state index in [1.165, 1.54) is 0 Å².